The third kappa shape index (κ3) is 3.93. The van der Waals surface area contributed by atoms with Gasteiger partial charge in [-0.25, -0.2) is 0 Å². The molecule has 1 rings (SSSR count). The van der Waals surface area contributed by atoms with E-state index < -0.39 is 0 Å². The van der Waals surface area contributed by atoms with E-state index in [4.69, 9.17) is 11.6 Å². The highest BCUT2D eigenvalue weighted by molar-refractivity contribution is 9.10. The molecule has 0 spiro atoms. The maximum atomic E-state index is 6.24. The fourth-order valence-corrected chi connectivity index (χ4v) is 2.49. The molecule has 1 aromatic rings. The van der Waals surface area contributed by atoms with Gasteiger partial charge in [-0.2, -0.15) is 0 Å². The van der Waals surface area contributed by atoms with Gasteiger partial charge in [0.05, 0.1) is 0 Å². The summed E-state index contributed by atoms with van der Waals surface area (Å²) in [6.45, 7) is 6.80. The van der Waals surface area contributed by atoms with E-state index in [1.54, 1.807) is 0 Å². The fourth-order valence-electron chi connectivity index (χ4n) is 1.68. The summed E-state index contributed by atoms with van der Waals surface area (Å²) in [6.07, 6.45) is 3.96. The zero-order valence-corrected chi connectivity index (χ0v) is 11.8. The van der Waals surface area contributed by atoms with E-state index in [9.17, 15) is 0 Å². The van der Waals surface area contributed by atoms with Crippen LogP contribution in [0.15, 0.2) is 35.3 Å². The molecule has 0 aliphatic carbocycles. The molecule has 0 fully saturated rings. The molecule has 16 heavy (non-hydrogen) atoms. The van der Waals surface area contributed by atoms with E-state index >= 15 is 0 Å². The second-order valence-electron chi connectivity index (χ2n) is 3.64. The highest BCUT2D eigenvalue weighted by Gasteiger charge is 2.12. The second-order valence-corrected chi connectivity index (χ2v) is 4.96. The Hall–Kier alpha value is -0.310. The van der Waals surface area contributed by atoms with Crippen LogP contribution in [0.3, 0.4) is 0 Å². The number of hydrogen-bond acceptors (Lipinski definition) is 1. The van der Waals surface area contributed by atoms with Crippen LogP contribution >= 0.6 is 27.5 Å². The summed E-state index contributed by atoms with van der Waals surface area (Å²) in [5, 5.41) is 4.26. The molecule has 1 atom stereocenters. The molecule has 0 aromatic heterocycles. The Morgan fingerprint density at radius 1 is 1.56 bits per heavy atom. The highest BCUT2D eigenvalue weighted by atomic mass is 79.9. The van der Waals surface area contributed by atoms with Gasteiger partial charge in [-0.1, -0.05) is 46.6 Å². The molecule has 0 aliphatic rings. The quantitative estimate of drug-likeness (QED) is 0.750. The average Bonchev–Trinajstić information content (AvgIpc) is 2.25. The van der Waals surface area contributed by atoms with E-state index in [-0.39, 0.29) is 0 Å². The number of benzene rings is 1. The number of nitrogens with one attached hydrogen (secondary N) is 1. The van der Waals surface area contributed by atoms with Crippen molar-refractivity contribution in [3.8, 4) is 0 Å². The summed E-state index contributed by atoms with van der Waals surface area (Å²) in [7, 11) is 0. The van der Waals surface area contributed by atoms with Crippen LogP contribution in [0, 0.1) is 0 Å². The predicted molar refractivity (Wildman–Crippen MR) is 75.0 cm³/mol. The SMILES string of the molecule is C=CCCC(NCC)c1ccc(Br)cc1Cl. The van der Waals surface area contributed by atoms with Gasteiger partial charge in [0.15, 0.2) is 0 Å². The normalized spacial score (nSPS) is 12.4. The first-order valence-electron chi connectivity index (χ1n) is 5.48. The molecular weight excluding hydrogens is 286 g/mol. The number of allylic oxidation sites excluding steroid dienone is 1. The van der Waals surface area contributed by atoms with Gasteiger partial charge in [0.1, 0.15) is 0 Å². The van der Waals surface area contributed by atoms with E-state index in [0.29, 0.717) is 6.04 Å². The van der Waals surface area contributed by atoms with Crippen LogP contribution in [0.5, 0.6) is 0 Å². The minimum atomic E-state index is 0.309. The van der Waals surface area contributed by atoms with Crippen molar-refractivity contribution in [2.75, 3.05) is 6.54 Å². The van der Waals surface area contributed by atoms with E-state index in [1.165, 1.54) is 0 Å². The first-order valence-corrected chi connectivity index (χ1v) is 6.65. The van der Waals surface area contributed by atoms with Crippen molar-refractivity contribution in [1.82, 2.24) is 5.32 Å². The average molecular weight is 303 g/mol. The summed E-state index contributed by atoms with van der Waals surface area (Å²) in [6, 6.07) is 6.35. The van der Waals surface area contributed by atoms with Crippen molar-refractivity contribution in [2.45, 2.75) is 25.8 Å². The van der Waals surface area contributed by atoms with Gasteiger partial charge in [-0.05, 0) is 37.1 Å². The Labute approximate surface area is 111 Å². The van der Waals surface area contributed by atoms with E-state index in [0.717, 1.165) is 34.4 Å². The van der Waals surface area contributed by atoms with Crippen LogP contribution in [-0.2, 0) is 0 Å². The van der Waals surface area contributed by atoms with Gasteiger partial charge < -0.3 is 5.32 Å². The lowest BCUT2D eigenvalue weighted by atomic mass is 10.0. The van der Waals surface area contributed by atoms with Crippen LogP contribution in [0.1, 0.15) is 31.4 Å². The monoisotopic (exact) mass is 301 g/mol. The summed E-state index contributed by atoms with van der Waals surface area (Å²) >= 11 is 9.66. The minimum Gasteiger partial charge on any atom is -0.310 e. The van der Waals surface area contributed by atoms with Crippen LogP contribution in [0.2, 0.25) is 5.02 Å². The molecule has 0 radical (unpaired) electrons. The molecule has 0 heterocycles. The van der Waals surface area contributed by atoms with E-state index in [2.05, 4.69) is 40.8 Å². The first kappa shape index (κ1) is 13.8. The Morgan fingerprint density at radius 3 is 2.88 bits per heavy atom. The van der Waals surface area contributed by atoms with Gasteiger partial charge in [-0.15, -0.1) is 6.58 Å². The zero-order valence-electron chi connectivity index (χ0n) is 9.47. The molecule has 0 aliphatic heterocycles. The lowest BCUT2D eigenvalue weighted by Crippen LogP contribution is -2.21. The Kier molecular flexibility index (Phi) is 6.10. The first-order chi connectivity index (χ1) is 7.69. The number of rotatable bonds is 6. The lowest BCUT2D eigenvalue weighted by molar-refractivity contribution is 0.520. The van der Waals surface area contributed by atoms with Crippen LogP contribution in [0.4, 0.5) is 0 Å². The van der Waals surface area contributed by atoms with Gasteiger partial charge in [0.2, 0.25) is 0 Å². The highest BCUT2D eigenvalue weighted by Crippen LogP contribution is 2.28. The van der Waals surface area contributed by atoms with E-state index in [1.807, 2.05) is 18.2 Å². The van der Waals surface area contributed by atoms with Crippen molar-refractivity contribution in [3.05, 3.63) is 45.9 Å². The molecule has 0 amide bonds. The summed E-state index contributed by atoms with van der Waals surface area (Å²) in [5.41, 5.74) is 1.16. The molecule has 88 valence electrons. The summed E-state index contributed by atoms with van der Waals surface area (Å²) in [5.74, 6) is 0. The van der Waals surface area contributed by atoms with Crippen molar-refractivity contribution in [2.24, 2.45) is 0 Å². The molecule has 0 saturated heterocycles. The molecular formula is C13H17BrClN. The lowest BCUT2D eigenvalue weighted by Gasteiger charge is -2.19. The van der Waals surface area contributed by atoms with Gasteiger partial charge >= 0.3 is 0 Å². The fraction of sp³-hybridized carbons (Fsp3) is 0.385. The summed E-state index contributed by atoms with van der Waals surface area (Å²) in [4.78, 5) is 0. The Morgan fingerprint density at radius 2 is 2.31 bits per heavy atom. The van der Waals surface area contributed by atoms with Gasteiger partial charge in [0.25, 0.3) is 0 Å². The van der Waals surface area contributed by atoms with Crippen molar-refractivity contribution < 1.29 is 0 Å². The van der Waals surface area contributed by atoms with Crippen LogP contribution < -0.4 is 5.32 Å². The van der Waals surface area contributed by atoms with Crippen LogP contribution in [0.25, 0.3) is 0 Å². The third-order valence-corrected chi connectivity index (χ3v) is 3.27. The molecule has 0 saturated carbocycles. The number of halogens is 2. The Balaban J connectivity index is 2.86. The molecule has 1 N–H and O–H groups in total. The van der Waals surface area contributed by atoms with Crippen molar-refractivity contribution >= 4 is 27.5 Å². The van der Waals surface area contributed by atoms with Gasteiger partial charge in [-0.3, -0.25) is 0 Å². The zero-order chi connectivity index (χ0) is 12.0. The smallest absolute Gasteiger partial charge is 0.0465 e. The third-order valence-electron chi connectivity index (χ3n) is 2.45. The summed E-state index contributed by atoms with van der Waals surface area (Å²) < 4.78 is 1.01. The molecule has 1 aromatic carbocycles. The van der Waals surface area contributed by atoms with Gasteiger partial charge in [0, 0.05) is 15.5 Å². The topological polar surface area (TPSA) is 12.0 Å². The standard InChI is InChI=1S/C13H17BrClN/c1-3-5-6-13(16-4-2)11-8-7-10(14)9-12(11)15/h3,7-9,13,16H,1,4-6H2,2H3. The molecule has 1 unspecified atom stereocenters. The largest absolute Gasteiger partial charge is 0.310 e. The maximum Gasteiger partial charge on any atom is 0.0465 e. The minimum absolute atomic E-state index is 0.309. The van der Waals surface area contributed by atoms with Crippen molar-refractivity contribution in [3.63, 3.8) is 0 Å². The molecule has 1 nitrogen and oxygen atoms in total. The molecule has 0 bridgehead atoms. The van der Waals surface area contributed by atoms with Crippen molar-refractivity contribution in [1.29, 1.82) is 0 Å². The predicted octanol–water partition coefficient (Wildman–Crippen LogP) is 4.72. The second kappa shape index (κ2) is 7.10. The maximum absolute atomic E-state index is 6.24. The van der Waals surface area contributed by atoms with Crippen LogP contribution in [-0.4, -0.2) is 6.54 Å². The number of hydrogen-bond donors (Lipinski definition) is 1. The molecule has 3 heteroatoms. The Bertz CT molecular complexity index is 352.